The van der Waals surface area contributed by atoms with Gasteiger partial charge in [0.15, 0.2) is 0 Å². The van der Waals surface area contributed by atoms with Gasteiger partial charge in [0, 0.05) is 24.9 Å². The van der Waals surface area contributed by atoms with Crippen LogP contribution in [0.1, 0.15) is 39.9 Å². The van der Waals surface area contributed by atoms with Crippen LogP contribution in [-0.4, -0.2) is 23.1 Å². The van der Waals surface area contributed by atoms with Gasteiger partial charge in [-0.05, 0) is 24.8 Å². The Bertz CT molecular complexity index is 285. The molecule has 3 heteroatoms. The molecule has 0 aliphatic rings. The van der Waals surface area contributed by atoms with Gasteiger partial charge in [0.05, 0.1) is 0 Å². The Labute approximate surface area is 99.1 Å². The summed E-state index contributed by atoms with van der Waals surface area (Å²) in [5.41, 5.74) is 0.373. The molecule has 1 heterocycles. The third-order valence-corrected chi connectivity index (χ3v) is 3.52. The largest absolute Gasteiger partial charge is 0.349 e. The zero-order valence-corrected chi connectivity index (χ0v) is 11.2. The van der Waals surface area contributed by atoms with E-state index in [1.54, 1.807) is 0 Å². The van der Waals surface area contributed by atoms with Crippen LogP contribution in [0.2, 0.25) is 0 Å². The minimum atomic E-state index is 0.373. The SMILES string of the molecule is CNC(Cc1ncc[nH]1)CC(C)C(C)(C)C. The lowest BCUT2D eigenvalue weighted by Crippen LogP contribution is -2.33. The highest BCUT2D eigenvalue weighted by molar-refractivity contribution is 4.91. The fraction of sp³-hybridized carbons (Fsp3) is 0.769. The summed E-state index contributed by atoms with van der Waals surface area (Å²) in [6, 6.07) is 0.500. The number of rotatable bonds is 5. The van der Waals surface area contributed by atoms with Gasteiger partial charge in [-0.3, -0.25) is 0 Å². The number of nitrogens with zero attached hydrogens (tertiary/aromatic N) is 1. The highest BCUT2D eigenvalue weighted by Crippen LogP contribution is 2.29. The smallest absolute Gasteiger partial charge is 0.107 e. The van der Waals surface area contributed by atoms with Gasteiger partial charge in [-0.25, -0.2) is 4.98 Å². The van der Waals surface area contributed by atoms with Crippen molar-refractivity contribution in [3.63, 3.8) is 0 Å². The van der Waals surface area contributed by atoms with E-state index in [0.29, 0.717) is 17.4 Å². The maximum atomic E-state index is 4.28. The standard InChI is InChI=1S/C13H25N3/c1-10(13(2,3)4)8-11(14-5)9-12-15-6-7-16-12/h6-7,10-11,14H,8-9H2,1-5H3,(H,15,16). The van der Waals surface area contributed by atoms with E-state index in [-0.39, 0.29) is 0 Å². The van der Waals surface area contributed by atoms with Crippen molar-refractivity contribution < 1.29 is 0 Å². The van der Waals surface area contributed by atoms with Crippen molar-refractivity contribution in [2.24, 2.45) is 11.3 Å². The van der Waals surface area contributed by atoms with Gasteiger partial charge in [-0.15, -0.1) is 0 Å². The number of H-pyrrole nitrogens is 1. The second-order valence-electron chi connectivity index (χ2n) is 5.73. The lowest BCUT2D eigenvalue weighted by Gasteiger charge is -2.30. The highest BCUT2D eigenvalue weighted by Gasteiger charge is 2.23. The van der Waals surface area contributed by atoms with E-state index in [4.69, 9.17) is 0 Å². The topological polar surface area (TPSA) is 40.7 Å². The molecule has 0 radical (unpaired) electrons. The Morgan fingerprint density at radius 3 is 2.56 bits per heavy atom. The van der Waals surface area contributed by atoms with Crippen LogP contribution in [0.5, 0.6) is 0 Å². The summed E-state index contributed by atoms with van der Waals surface area (Å²) in [4.78, 5) is 7.44. The Hall–Kier alpha value is -0.830. The summed E-state index contributed by atoms with van der Waals surface area (Å²) < 4.78 is 0. The summed E-state index contributed by atoms with van der Waals surface area (Å²) in [5, 5.41) is 3.38. The number of aromatic nitrogens is 2. The van der Waals surface area contributed by atoms with Gasteiger partial charge in [0.2, 0.25) is 0 Å². The summed E-state index contributed by atoms with van der Waals surface area (Å²) in [6.45, 7) is 9.23. The van der Waals surface area contributed by atoms with Crippen LogP contribution in [0.25, 0.3) is 0 Å². The molecule has 0 aromatic carbocycles. The molecule has 92 valence electrons. The zero-order chi connectivity index (χ0) is 12.2. The predicted octanol–water partition coefficient (Wildman–Crippen LogP) is 2.61. The van der Waals surface area contributed by atoms with Crippen LogP contribution in [0, 0.1) is 11.3 Å². The fourth-order valence-electron chi connectivity index (χ4n) is 1.73. The quantitative estimate of drug-likeness (QED) is 0.805. The van der Waals surface area contributed by atoms with E-state index < -0.39 is 0 Å². The maximum Gasteiger partial charge on any atom is 0.107 e. The molecule has 2 atom stereocenters. The molecular weight excluding hydrogens is 198 g/mol. The van der Waals surface area contributed by atoms with E-state index in [1.807, 2.05) is 19.4 Å². The van der Waals surface area contributed by atoms with Gasteiger partial charge >= 0.3 is 0 Å². The third kappa shape index (κ3) is 3.97. The van der Waals surface area contributed by atoms with Gasteiger partial charge in [0.1, 0.15) is 5.82 Å². The molecule has 0 aliphatic heterocycles. The molecule has 0 aliphatic carbocycles. The highest BCUT2D eigenvalue weighted by atomic mass is 14.9. The minimum absolute atomic E-state index is 0.373. The van der Waals surface area contributed by atoms with Gasteiger partial charge in [-0.1, -0.05) is 27.7 Å². The number of likely N-dealkylation sites (N-methyl/N-ethyl adjacent to an activating group) is 1. The van der Waals surface area contributed by atoms with E-state index >= 15 is 0 Å². The maximum absolute atomic E-state index is 4.28. The van der Waals surface area contributed by atoms with Crippen LogP contribution < -0.4 is 5.32 Å². The molecule has 0 amide bonds. The number of hydrogen-bond donors (Lipinski definition) is 2. The Morgan fingerprint density at radius 2 is 2.12 bits per heavy atom. The monoisotopic (exact) mass is 223 g/mol. The van der Waals surface area contributed by atoms with Crippen molar-refractivity contribution in [2.75, 3.05) is 7.05 Å². The van der Waals surface area contributed by atoms with Crippen LogP contribution >= 0.6 is 0 Å². The predicted molar refractivity (Wildman–Crippen MR) is 68.4 cm³/mol. The average molecular weight is 223 g/mol. The second-order valence-corrected chi connectivity index (χ2v) is 5.73. The Balaban J connectivity index is 2.49. The Morgan fingerprint density at radius 1 is 1.44 bits per heavy atom. The number of nitrogens with one attached hydrogen (secondary N) is 2. The molecule has 0 saturated carbocycles. The number of hydrogen-bond acceptors (Lipinski definition) is 2. The van der Waals surface area contributed by atoms with Crippen LogP contribution in [0.3, 0.4) is 0 Å². The minimum Gasteiger partial charge on any atom is -0.349 e. The second kappa shape index (κ2) is 5.48. The molecule has 0 bridgehead atoms. The number of imidazole rings is 1. The molecule has 1 aromatic heterocycles. The van der Waals surface area contributed by atoms with Gasteiger partial charge in [-0.2, -0.15) is 0 Å². The van der Waals surface area contributed by atoms with Crippen LogP contribution in [-0.2, 0) is 6.42 Å². The normalized spacial score (nSPS) is 16.1. The molecule has 1 aromatic rings. The van der Waals surface area contributed by atoms with Crippen LogP contribution in [0.4, 0.5) is 0 Å². The summed E-state index contributed by atoms with van der Waals surface area (Å²) in [7, 11) is 2.03. The molecule has 3 nitrogen and oxygen atoms in total. The average Bonchev–Trinajstić information content (AvgIpc) is 2.67. The molecule has 2 unspecified atom stereocenters. The van der Waals surface area contributed by atoms with Crippen molar-refractivity contribution >= 4 is 0 Å². The van der Waals surface area contributed by atoms with Crippen molar-refractivity contribution in [1.82, 2.24) is 15.3 Å². The van der Waals surface area contributed by atoms with Gasteiger partial charge in [0.25, 0.3) is 0 Å². The van der Waals surface area contributed by atoms with Gasteiger partial charge < -0.3 is 10.3 Å². The molecule has 16 heavy (non-hydrogen) atoms. The lowest BCUT2D eigenvalue weighted by atomic mass is 9.78. The van der Waals surface area contributed by atoms with Crippen molar-refractivity contribution in [2.45, 2.75) is 46.6 Å². The number of aromatic amines is 1. The first-order valence-corrected chi connectivity index (χ1v) is 6.09. The molecular formula is C13H25N3. The zero-order valence-electron chi connectivity index (χ0n) is 11.2. The van der Waals surface area contributed by atoms with E-state index in [1.165, 1.54) is 6.42 Å². The first-order chi connectivity index (χ1) is 7.43. The van der Waals surface area contributed by atoms with Crippen LogP contribution in [0.15, 0.2) is 12.4 Å². The molecule has 0 fully saturated rings. The van der Waals surface area contributed by atoms with E-state index in [2.05, 4.69) is 43.0 Å². The Kier molecular flexibility index (Phi) is 4.54. The first-order valence-electron chi connectivity index (χ1n) is 6.09. The van der Waals surface area contributed by atoms with E-state index in [9.17, 15) is 0 Å². The summed E-state index contributed by atoms with van der Waals surface area (Å²) in [6.07, 6.45) is 5.86. The summed E-state index contributed by atoms with van der Waals surface area (Å²) >= 11 is 0. The first kappa shape index (κ1) is 13.2. The molecule has 1 rings (SSSR count). The molecule has 0 spiro atoms. The van der Waals surface area contributed by atoms with Crippen molar-refractivity contribution in [3.8, 4) is 0 Å². The molecule has 2 N–H and O–H groups in total. The van der Waals surface area contributed by atoms with Crippen molar-refractivity contribution in [3.05, 3.63) is 18.2 Å². The van der Waals surface area contributed by atoms with Crippen molar-refractivity contribution in [1.29, 1.82) is 0 Å². The molecule has 0 saturated heterocycles. The summed E-state index contributed by atoms with van der Waals surface area (Å²) in [5.74, 6) is 1.76. The fourth-order valence-corrected chi connectivity index (χ4v) is 1.73. The third-order valence-electron chi connectivity index (χ3n) is 3.52. The lowest BCUT2D eigenvalue weighted by molar-refractivity contribution is 0.224. The van der Waals surface area contributed by atoms with E-state index in [0.717, 1.165) is 12.2 Å².